The van der Waals surface area contributed by atoms with E-state index in [9.17, 15) is 4.79 Å². The largest absolute Gasteiger partial charge is 0.341 e. The molecule has 28 heavy (non-hydrogen) atoms. The van der Waals surface area contributed by atoms with Gasteiger partial charge in [-0.2, -0.15) is 0 Å². The molecule has 0 spiro atoms. The van der Waals surface area contributed by atoms with E-state index in [1.165, 1.54) is 11.1 Å². The third kappa shape index (κ3) is 4.74. The number of pyridine rings is 2. The Labute approximate surface area is 166 Å². The first-order chi connectivity index (χ1) is 13.6. The van der Waals surface area contributed by atoms with Crippen LogP contribution >= 0.6 is 0 Å². The average Bonchev–Trinajstić information content (AvgIpc) is 2.74. The first-order valence-corrected chi connectivity index (χ1v) is 9.54. The van der Waals surface area contributed by atoms with Gasteiger partial charge in [-0.05, 0) is 60.7 Å². The van der Waals surface area contributed by atoms with Crippen LogP contribution in [-0.2, 0) is 12.8 Å². The Morgan fingerprint density at radius 1 is 1.11 bits per heavy atom. The minimum absolute atomic E-state index is 0.0294. The fourth-order valence-corrected chi connectivity index (χ4v) is 3.09. The number of aryl methyl sites for hydroxylation is 2. The number of para-hydroxylation sites is 1. The molecule has 5 nitrogen and oxygen atoms in total. The van der Waals surface area contributed by atoms with E-state index in [1.807, 2.05) is 31.3 Å². The molecule has 2 aromatic heterocycles. The monoisotopic (exact) mass is 374 g/mol. The van der Waals surface area contributed by atoms with Gasteiger partial charge < -0.3 is 10.2 Å². The zero-order valence-corrected chi connectivity index (χ0v) is 16.6. The number of carbonyl (C=O) groups excluding carboxylic acids is 1. The summed E-state index contributed by atoms with van der Waals surface area (Å²) in [5, 5.41) is 3.39. The van der Waals surface area contributed by atoms with Crippen LogP contribution in [0.15, 0.2) is 61.1 Å². The zero-order chi connectivity index (χ0) is 19.9. The van der Waals surface area contributed by atoms with E-state index in [2.05, 4.69) is 47.3 Å². The zero-order valence-electron chi connectivity index (χ0n) is 16.6. The number of anilines is 2. The molecule has 0 aliphatic carbocycles. The van der Waals surface area contributed by atoms with Gasteiger partial charge in [0.2, 0.25) is 0 Å². The Morgan fingerprint density at radius 3 is 2.57 bits per heavy atom. The van der Waals surface area contributed by atoms with Gasteiger partial charge in [0.25, 0.3) is 5.91 Å². The van der Waals surface area contributed by atoms with Crippen molar-refractivity contribution >= 4 is 17.4 Å². The number of nitrogens with zero attached hydrogens (tertiary/aromatic N) is 3. The maximum Gasteiger partial charge on any atom is 0.255 e. The normalized spacial score (nSPS) is 10.5. The Hall–Kier alpha value is -3.21. The fraction of sp³-hybridized carbons (Fsp3) is 0.261. The Bertz CT molecular complexity index is 923. The molecule has 2 heterocycles. The van der Waals surface area contributed by atoms with Crippen LogP contribution in [-0.4, -0.2) is 34.4 Å². The van der Waals surface area contributed by atoms with Gasteiger partial charge in [0.05, 0.1) is 5.56 Å². The van der Waals surface area contributed by atoms with E-state index in [4.69, 9.17) is 0 Å². The van der Waals surface area contributed by atoms with Crippen molar-refractivity contribution in [3.05, 3.63) is 83.3 Å². The van der Waals surface area contributed by atoms with E-state index in [0.717, 1.165) is 29.9 Å². The van der Waals surface area contributed by atoms with Crippen molar-refractivity contribution in [2.45, 2.75) is 26.7 Å². The van der Waals surface area contributed by atoms with Crippen LogP contribution in [0.25, 0.3) is 0 Å². The number of likely N-dealkylation sites (N-methyl/N-ethyl adjacent to an activating group) is 1. The molecule has 0 unspecified atom stereocenters. The van der Waals surface area contributed by atoms with E-state index in [0.29, 0.717) is 12.1 Å². The Kier molecular flexibility index (Phi) is 6.37. The van der Waals surface area contributed by atoms with Crippen molar-refractivity contribution in [3.63, 3.8) is 0 Å². The SMILES string of the molecule is CCc1cccc(C)c1Nc1ccc(C(=O)N(C)CCc2ccncc2)cn1. The van der Waals surface area contributed by atoms with E-state index < -0.39 is 0 Å². The molecule has 1 amide bonds. The predicted octanol–water partition coefficient (Wildman–Crippen LogP) is 4.41. The third-order valence-corrected chi connectivity index (χ3v) is 4.84. The van der Waals surface area contributed by atoms with Gasteiger partial charge in [-0.25, -0.2) is 4.98 Å². The van der Waals surface area contributed by atoms with Crippen LogP contribution in [0.1, 0.15) is 34.0 Å². The summed E-state index contributed by atoms with van der Waals surface area (Å²) in [5.74, 6) is 0.707. The summed E-state index contributed by atoms with van der Waals surface area (Å²) in [5.41, 5.74) is 5.27. The van der Waals surface area contributed by atoms with Gasteiger partial charge >= 0.3 is 0 Å². The van der Waals surface area contributed by atoms with Crippen molar-refractivity contribution in [2.24, 2.45) is 0 Å². The van der Waals surface area contributed by atoms with Gasteiger partial charge in [-0.15, -0.1) is 0 Å². The number of amides is 1. The summed E-state index contributed by atoms with van der Waals surface area (Å²) in [6.07, 6.45) is 6.92. The van der Waals surface area contributed by atoms with Crippen LogP contribution in [0.2, 0.25) is 0 Å². The standard InChI is InChI=1S/C23H26N4O/c1-4-19-7-5-6-17(2)22(19)26-21-9-8-20(16-25-21)23(28)27(3)15-12-18-10-13-24-14-11-18/h5-11,13-14,16H,4,12,15H2,1-3H3,(H,25,26). The second kappa shape index (κ2) is 9.13. The van der Waals surface area contributed by atoms with Crippen LogP contribution < -0.4 is 5.32 Å². The predicted molar refractivity (Wildman–Crippen MR) is 113 cm³/mol. The van der Waals surface area contributed by atoms with Crippen LogP contribution in [0.4, 0.5) is 11.5 Å². The lowest BCUT2D eigenvalue weighted by molar-refractivity contribution is 0.0796. The molecule has 0 aliphatic rings. The molecular formula is C23H26N4O. The van der Waals surface area contributed by atoms with Gasteiger partial charge in [0.15, 0.2) is 0 Å². The second-order valence-corrected chi connectivity index (χ2v) is 6.85. The smallest absolute Gasteiger partial charge is 0.255 e. The molecule has 0 atom stereocenters. The van der Waals surface area contributed by atoms with Crippen molar-refractivity contribution in [1.29, 1.82) is 0 Å². The number of benzene rings is 1. The minimum Gasteiger partial charge on any atom is -0.341 e. The highest BCUT2D eigenvalue weighted by molar-refractivity contribution is 5.94. The molecule has 0 fully saturated rings. The minimum atomic E-state index is -0.0294. The summed E-state index contributed by atoms with van der Waals surface area (Å²) in [6.45, 7) is 4.86. The van der Waals surface area contributed by atoms with Gasteiger partial charge in [-0.1, -0.05) is 25.1 Å². The highest BCUT2D eigenvalue weighted by Gasteiger charge is 2.13. The lowest BCUT2D eigenvalue weighted by Crippen LogP contribution is -2.28. The number of aromatic nitrogens is 2. The summed E-state index contributed by atoms with van der Waals surface area (Å²) in [7, 11) is 1.82. The molecule has 1 aromatic carbocycles. The maximum absolute atomic E-state index is 12.6. The molecule has 0 aliphatic heterocycles. The summed E-state index contributed by atoms with van der Waals surface area (Å²) >= 11 is 0. The molecule has 0 saturated carbocycles. The number of nitrogens with one attached hydrogen (secondary N) is 1. The summed E-state index contributed by atoms with van der Waals surface area (Å²) in [6, 6.07) is 13.9. The van der Waals surface area contributed by atoms with Crippen molar-refractivity contribution in [1.82, 2.24) is 14.9 Å². The molecule has 3 aromatic rings. The highest BCUT2D eigenvalue weighted by Crippen LogP contribution is 2.24. The molecule has 0 radical (unpaired) electrons. The molecule has 0 saturated heterocycles. The van der Waals surface area contributed by atoms with E-state index in [1.54, 1.807) is 23.5 Å². The number of rotatable bonds is 7. The first-order valence-electron chi connectivity index (χ1n) is 9.54. The molecule has 144 valence electrons. The first kappa shape index (κ1) is 19.5. The van der Waals surface area contributed by atoms with Gasteiger partial charge in [0, 0.05) is 37.9 Å². The molecule has 5 heteroatoms. The molecule has 1 N–H and O–H groups in total. The summed E-state index contributed by atoms with van der Waals surface area (Å²) in [4.78, 5) is 22.8. The fourth-order valence-electron chi connectivity index (χ4n) is 3.09. The third-order valence-electron chi connectivity index (χ3n) is 4.84. The van der Waals surface area contributed by atoms with Crippen LogP contribution in [0.3, 0.4) is 0 Å². The topological polar surface area (TPSA) is 58.1 Å². The van der Waals surface area contributed by atoms with Crippen LogP contribution in [0, 0.1) is 6.92 Å². The molecule has 0 bridgehead atoms. The number of hydrogen-bond donors (Lipinski definition) is 1. The quantitative estimate of drug-likeness (QED) is 0.666. The lowest BCUT2D eigenvalue weighted by atomic mass is 10.1. The van der Waals surface area contributed by atoms with Crippen LogP contribution in [0.5, 0.6) is 0 Å². The lowest BCUT2D eigenvalue weighted by Gasteiger charge is -2.17. The van der Waals surface area contributed by atoms with Crippen molar-refractivity contribution in [2.75, 3.05) is 18.9 Å². The Balaban J connectivity index is 1.64. The van der Waals surface area contributed by atoms with Crippen molar-refractivity contribution in [3.8, 4) is 0 Å². The molecule has 3 rings (SSSR count). The number of carbonyl (C=O) groups is 1. The summed E-state index contributed by atoms with van der Waals surface area (Å²) < 4.78 is 0. The maximum atomic E-state index is 12.6. The van der Waals surface area contributed by atoms with Gasteiger partial charge in [0.1, 0.15) is 5.82 Å². The number of hydrogen-bond acceptors (Lipinski definition) is 4. The average molecular weight is 374 g/mol. The van der Waals surface area contributed by atoms with E-state index in [-0.39, 0.29) is 5.91 Å². The van der Waals surface area contributed by atoms with Crippen molar-refractivity contribution < 1.29 is 4.79 Å². The Morgan fingerprint density at radius 2 is 1.89 bits per heavy atom. The van der Waals surface area contributed by atoms with E-state index >= 15 is 0 Å². The van der Waals surface area contributed by atoms with Gasteiger partial charge in [-0.3, -0.25) is 9.78 Å². The second-order valence-electron chi connectivity index (χ2n) is 6.85. The molecular weight excluding hydrogens is 348 g/mol. The highest BCUT2D eigenvalue weighted by atomic mass is 16.2.